The van der Waals surface area contributed by atoms with Gasteiger partial charge in [0, 0.05) is 43.6 Å². The van der Waals surface area contributed by atoms with Crippen LogP contribution in [0.3, 0.4) is 0 Å². The van der Waals surface area contributed by atoms with E-state index in [1.54, 1.807) is 0 Å². The van der Waals surface area contributed by atoms with Crippen molar-refractivity contribution in [3.63, 3.8) is 0 Å². The maximum absolute atomic E-state index is 5.61. The summed E-state index contributed by atoms with van der Waals surface area (Å²) in [5.74, 6) is 2.65. The van der Waals surface area contributed by atoms with E-state index in [-0.39, 0.29) is 5.54 Å². The van der Waals surface area contributed by atoms with Crippen LogP contribution in [0.4, 0.5) is 0 Å². The number of nitrogens with one attached hydrogen (secondary N) is 1. The van der Waals surface area contributed by atoms with E-state index in [1.165, 1.54) is 37.3 Å². The molecule has 2 saturated heterocycles. The average Bonchev–Trinajstić information content (AvgIpc) is 2.91. The van der Waals surface area contributed by atoms with Crippen LogP contribution in [0.25, 0.3) is 0 Å². The topological polar surface area (TPSA) is 24.5 Å². The normalized spacial score (nSPS) is 27.1. The smallest absolute Gasteiger partial charge is 0.0472 e. The summed E-state index contributed by atoms with van der Waals surface area (Å²) < 4.78 is 5.61. The number of hydrogen-bond donors (Lipinski definition) is 1. The largest absolute Gasteiger partial charge is 0.381 e. The summed E-state index contributed by atoms with van der Waals surface area (Å²) in [5.41, 5.74) is 0.598. The van der Waals surface area contributed by atoms with E-state index in [1.807, 2.05) is 0 Å². The summed E-state index contributed by atoms with van der Waals surface area (Å²) >= 11 is 2.11. The van der Waals surface area contributed by atoms with Gasteiger partial charge in [-0.25, -0.2) is 0 Å². The molecule has 4 heteroatoms. The molecule has 0 bridgehead atoms. The minimum Gasteiger partial charge on any atom is -0.381 e. The molecule has 0 radical (unpaired) electrons. The van der Waals surface area contributed by atoms with Crippen LogP contribution in [0.15, 0.2) is 0 Å². The molecule has 0 amide bonds. The molecule has 0 aromatic rings. The summed E-state index contributed by atoms with van der Waals surface area (Å²) in [6, 6.07) is 0.786. The number of nitrogens with zero attached hydrogens (tertiary/aromatic N) is 1. The van der Waals surface area contributed by atoms with Gasteiger partial charge in [-0.05, 0) is 58.2 Å². The Morgan fingerprint density at radius 3 is 2.55 bits per heavy atom. The molecule has 0 spiro atoms. The van der Waals surface area contributed by atoms with Crippen molar-refractivity contribution in [2.24, 2.45) is 5.41 Å². The lowest BCUT2D eigenvalue weighted by Gasteiger charge is -2.43. The molecule has 2 fully saturated rings. The highest BCUT2D eigenvalue weighted by molar-refractivity contribution is 7.99. The molecular formula is C16H32N2OS. The zero-order chi connectivity index (χ0) is 14.6. The Balaban J connectivity index is 1.94. The van der Waals surface area contributed by atoms with Crippen molar-refractivity contribution < 1.29 is 4.74 Å². The molecule has 2 aliphatic rings. The lowest BCUT2D eigenvalue weighted by molar-refractivity contribution is -0.00786. The predicted octanol–water partition coefficient (Wildman–Crippen LogP) is 2.61. The van der Waals surface area contributed by atoms with Crippen LogP contribution in [-0.4, -0.2) is 61.3 Å². The molecule has 0 aromatic heterocycles. The molecular weight excluding hydrogens is 268 g/mol. The van der Waals surface area contributed by atoms with Crippen molar-refractivity contribution in [2.45, 2.75) is 51.6 Å². The van der Waals surface area contributed by atoms with E-state index in [0.29, 0.717) is 5.41 Å². The van der Waals surface area contributed by atoms with Gasteiger partial charge in [-0.2, -0.15) is 11.8 Å². The standard InChI is InChI=1S/C16H32N2OS/c1-15(2,3)17-12-16(6-8-19-9-7-16)13-18(4)14-5-10-20-11-14/h14,17H,5-13H2,1-4H3. The Labute approximate surface area is 129 Å². The SMILES string of the molecule is CN(CC1(CNC(C)(C)C)CCOCC1)C1CCSC1. The fourth-order valence-corrected chi connectivity index (χ4v) is 4.47. The van der Waals surface area contributed by atoms with E-state index in [0.717, 1.165) is 25.8 Å². The van der Waals surface area contributed by atoms with Crippen molar-refractivity contribution in [1.82, 2.24) is 10.2 Å². The monoisotopic (exact) mass is 300 g/mol. The first-order chi connectivity index (χ1) is 9.40. The van der Waals surface area contributed by atoms with Crippen LogP contribution in [-0.2, 0) is 4.74 Å². The van der Waals surface area contributed by atoms with Crippen LogP contribution >= 0.6 is 11.8 Å². The van der Waals surface area contributed by atoms with Gasteiger partial charge in [0.2, 0.25) is 0 Å². The number of hydrogen-bond acceptors (Lipinski definition) is 4. The first kappa shape index (κ1) is 16.6. The van der Waals surface area contributed by atoms with Gasteiger partial charge >= 0.3 is 0 Å². The molecule has 2 aliphatic heterocycles. The lowest BCUT2D eigenvalue weighted by atomic mass is 9.78. The molecule has 2 heterocycles. The Bertz CT molecular complexity index is 291. The first-order valence-electron chi connectivity index (χ1n) is 8.01. The van der Waals surface area contributed by atoms with Gasteiger partial charge in [-0.15, -0.1) is 0 Å². The zero-order valence-electron chi connectivity index (χ0n) is 13.7. The van der Waals surface area contributed by atoms with Gasteiger partial charge in [0.05, 0.1) is 0 Å². The van der Waals surface area contributed by atoms with Gasteiger partial charge in [0.1, 0.15) is 0 Å². The second kappa shape index (κ2) is 6.99. The number of ether oxygens (including phenoxy) is 1. The fraction of sp³-hybridized carbons (Fsp3) is 1.00. The molecule has 0 aliphatic carbocycles. The molecule has 2 rings (SSSR count). The molecule has 20 heavy (non-hydrogen) atoms. The van der Waals surface area contributed by atoms with Crippen molar-refractivity contribution in [1.29, 1.82) is 0 Å². The molecule has 1 atom stereocenters. The second-order valence-electron chi connectivity index (χ2n) is 7.65. The van der Waals surface area contributed by atoms with Crippen LogP contribution in [0.2, 0.25) is 0 Å². The highest BCUT2D eigenvalue weighted by atomic mass is 32.2. The van der Waals surface area contributed by atoms with E-state index < -0.39 is 0 Å². The van der Waals surface area contributed by atoms with Gasteiger partial charge in [-0.1, -0.05) is 0 Å². The van der Waals surface area contributed by atoms with Crippen molar-refractivity contribution in [3.8, 4) is 0 Å². The third-order valence-corrected chi connectivity index (χ3v) is 5.81. The van der Waals surface area contributed by atoms with Gasteiger partial charge in [0.25, 0.3) is 0 Å². The first-order valence-corrected chi connectivity index (χ1v) is 9.17. The molecule has 1 N–H and O–H groups in total. The fourth-order valence-electron chi connectivity index (χ4n) is 3.18. The Kier molecular flexibility index (Phi) is 5.80. The molecule has 1 unspecified atom stereocenters. The second-order valence-corrected chi connectivity index (χ2v) is 8.80. The molecule has 0 aromatic carbocycles. The molecule has 3 nitrogen and oxygen atoms in total. The van der Waals surface area contributed by atoms with Crippen molar-refractivity contribution in [3.05, 3.63) is 0 Å². The minimum absolute atomic E-state index is 0.201. The lowest BCUT2D eigenvalue weighted by Crippen LogP contribution is -2.52. The Morgan fingerprint density at radius 1 is 1.30 bits per heavy atom. The molecule has 118 valence electrons. The summed E-state index contributed by atoms with van der Waals surface area (Å²) in [6.07, 6.45) is 3.75. The maximum atomic E-state index is 5.61. The van der Waals surface area contributed by atoms with Gasteiger partial charge in [0.15, 0.2) is 0 Å². The maximum Gasteiger partial charge on any atom is 0.0472 e. The third kappa shape index (κ3) is 4.90. The van der Waals surface area contributed by atoms with Crippen molar-refractivity contribution >= 4 is 11.8 Å². The zero-order valence-corrected chi connectivity index (χ0v) is 14.5. The number of rotatable bonds is 5. The minimum atomic E-state index is 0.201. The van der Waals surface area contributed by atoms with E-state index >= 15 is 0 Å². The quantitative estimate of drug-likeness (QED) is 0.843. The van der Waals surface area contributed by atoms with Crippen LogP contribution in [0, 0.1) is 5.41 Å². The summed E-state index contributed by atoms with van der Waals surface area (Å²) in [4.78, 5) is 2.62. The van der Waals surface area contributed by atoms with Gasteiger partial charge in [-0.3, -0.25) is 0 Å². The van der Waals surface area contributed by atoms with E-state index in [4.69, 9.17) is 4.74 Å². The van der Waals surface area contributed by atoms with Crippen molar-refractivity contribution in [2.75, 3.05) is 44.9 Å². The Hall–Kier alpha value is 0.230. The summed E-state index contributed by atoms with van der Waals surface area (Å²) in [6.45, 7) is 11.0. The Morgan fingerprint density at radius 2 is 2.00 bits per heavy atom. The summed E-state index contributed by atoms with van der Waals surface area (Å²) in [5, 5.41) is 3.74. The summed E-state index contributed by atoms with van der Waals surface area (Å²) in [7, 11) is 2.32. The van der Waals surface area contributed by atoms with E-state index in [9.17, 15) is 0 Å². The van der Waals surface area contributed by atoms with E-state index in [2.05, 4.69) is 49.8 Å². The molecule has 0 saturated carbocycles. The highest BCUT2D eigenvalue weighted by Crippen LogP contribution is 2.33. The van der Waals surface area contributed by atoms with Crippen LogP contribution in [0.1, 0.15) is 40.0 Å². The predicted molar refractivity (Wildman–Crippen MR) is 88.6 cm³/mol. The van der Waals surface area contributed by atoms with Crippen LogP contribution < -0.4 is 5.32 Å². The highest BCUT2D eigenvalue weighted by Gasteiger charge is 2.36. The number of thioether (sulfide) groups is 1. The van der Waals surface area contributed by atoms with Gasteiger partial charge < -0.3 is 15.0 Å². The third-order valence-electron chi connectivity index (χ3n) is 4.66. The average molecular weight is 301 g/mol. The van der Waals surface area contributed by atoms with Crippen LogP contribution in [0.5, 0.6) is 0 Å².